The van der Waals surface area contributed by atoms with Crippen LogP contribution >= 0.6 is 11.3 Å². The molecule has 1 saturated carbocycles. The van der Waals surface area contributed by atoms with Crippen LogP contribution in [0.15, 0.2) is 29.6 Å². The van der Waals surface area contributed by atoms with E-state index in [0.29, 0.717) is 6.54 Å². The lowest BCUT2D eigenvalue weighted by Crippen LogP contribution is -2.46. The Morgan fingerprint density at radius 2 is 2.04 bits per heavy atom. The summed E-state index contributed by atoms with van der Waals surface area (Å²) in [5, 5.41) is 6.50. The van der Waals surface area contributed by atoms with Gasteiger partial charge in [-0.2, -0.15) is 0 Å². The summed E-state index contributed by atoms with van der Waals surface area (Å²) < 4.78 is 1.29. The van der Waals surface area contributed by atoms with Crippen molar-refractivity contribution in [1.82, 2.24) is 10.2 Å². The van der Waals surface area contributed by atoms with Crippen molar-refractivity contribution in [2.75, 3.05) is 13.1 Å². The van der Waals surface area contributed by atoms with E-state index in [4.69, 9.17) is 0 Å². The van der Waals surface area contributed by atoms with Crippen LogP contribution in [0.5, 0.6) is 0 Å². The molecule has 4 nitrogen and oxygen atoms in total. The summed E-state index contributed by atoms with van der Waals surface area (Å²) in [5.41, 5.74) is 1.29. The number of rotatable bonds is 5. The minimum Gasteiger partial charge on any atom is -0.354 e. The van der Waals surface area contributed by atoms with Gasteiger partial charge in [-0.15, -0.1) is 11.3 Å². The van der Waals surface area contributed by atoms with Gasteiger partial charge in [-0.1, -0.05) is 18.2 Å². The van der Waals surface area contributed by atoms with Gasteiger partial charge in [0.05, 0.1) is 0 Å². The smallest absolute Gasteiger partial charge is 0.242 e. The average Bonchev–Trinajstić information content (AvgIpc) is 3.19. The van der Waals surface area contributed by atoms with E-state index < -0.39 is 0 Å². The molecule has 1 N–H and O–H groups in total. The van der Waals surface area contributed by atoms with E-state index >= 15 is 0 Å². The van der Waals surface area contributed by atoms with Crippen molar-refractivity contribution >= 4 is 33.2 Å². The Morgan fingerprint density at radius 1 is 1.21 bits per heavy atom. The van der Waals surface area contributed by atoms with Crippen molar-refractivity contribution in [3.8, 4) is 0 Å². The third-order valence-corrected chi connectivity index (χ3v) is 6.03. The second-order valence-electron chi connectivity index (χ2n) is 6.76. The maximum absolute atomic E-state index is 12.5. The van der Waals surface area contributed by atoms with E-state index in [9.17, 15) is 9.59 Å². The molecule has 1 aliphatic carbocycles. The zero-order chi connectivity index (χ0) is 16.5. The number of carbonyl (C=O) groups is 2. The fourth-order valence-electron chi connectivity index (χ4n) is 3.53. The van der Waals surface area contributed by atoms with Crippen LogP contribution in [0.4, 0.5) is 0 Å². The lowest BCUT2D eigenvalue weighted by Gasteiger charge is -2.24. The van der Waals surface area contributed by atoms with Crippen molar-refractivity contribution in [1.29, 1.82) is 0 Å². The molecule has 1 aliphatic heterocycles. The number of hydrogen-bond donors (Lipinski definition) is 1. The summed E-state index contributed by atoms with van der Waals surface area (Å²) in [4.78, 5) is 26.6. The highest BCUT2D eigenvalue weighted by Gasteiger charge is 2.40. The minimum absolute atomic E-state index is 0.0148. The molecule has 24 heavy (non-hydrogen) atoms. The molecule has 126 valence electrons. The first-order valence-corrected chi connectivity index (χ1v) is 9.65. The van der Waals surface area contributed by atoms with Gasteiger partial charge in [0.15, 0.2) is 0 Å². The highest BCUT2D eigenvalue weighted by atomic mass is 32.1. The topological polar surface area (TPSA) is 49.4 Å². The van der Waals surface area contributed by atoms with E-state index in [1.54, 1.807) is 11.3 Å². The third kappa shape index (κ3) is 3.05. The molecule has 1 aromatic carbocycles. The maximum atomic E-state index is 12.5. The van der Waals surface area contributed by atoms with Gasteiger partial charge < -0.3 is 10.2 Å². The Hall–Kier alpha value is -1.88. The molecular formula is C19H22N2O2S. The molecule has 2 heterocycles. The number of nitrogens with zero attached hydrogens (tertiary/aromatic N) is 1. The van der Waals surface area contributed by atoms with E-state index in [1.165, 1.54) is 15.6 Å². The molecule has 0 bridgehead atoms. The Kier molecular flexibility index (Phi) is 4.27. The van der Waals surface area contributed by atoms with Crippen molar-refractivity contribution in [2.24, 2.45) is 5.92 Å². The van der Waals surface area contributed by atoms with Gasteiger partial charge in [0.25, 0.3) is 0 Å². The molecule has 2 aliphatic rings. The van der Waals surface area contributed by atoms with Crippen LogP contribution in [0.2, 0.25) is 0 Å². The SMILES string of the molecule is O=C(NCCc1csc2ccccc12)[C@@H]1CCCN1C(=O)C1CC1. The molecule has 2 amide bonds. The van der Waals surface area contributed by atoms with Crippen LogP contribution in [0.3, 0.4) is 0 Å². The summed E-state index contributed by atoms with van der Waals surface area (Å²) >= 11 is 1.75. The second kappa shape index (κ2) is 6.55. The van der Waals surface area contributed by atoms with Gasteiger partial charge in [-0.05, 0) is 54.5 Å². The number of thiophene rings is 1. The fourth-order valence-corrected chi connectivity index (χ4v) is 4.53. The molecule has 2 aromatic rings. The molecule has 0 radical (unpaired) electrons. The number of fused-ring (bicyclic) bond motifs is 1. The zero-order valence-corrected chi connectivity index (χ0v) is 14.5. The van der Waals surface area contributed by atoms with Gasteiger partial charge in [0, 0.05) is 23.7 Å². The Bertz CT molecular complexity index is 766. The fraction of sp³-hybridized carbons (Fsp3) is 0.474. The van der Waals surface area contributed by atoms with Crippen LogP contribution in [-0.2, 0) is 16.0 Å². The normalized spacial score (nSPS) is 20.5. The summed E-state index contributed by atoms with van der Waals surface area (Å²) in [6, 6.07) is 8.11. The number of hydrogen-bond acceptors (Lipinski definition) is 3. The highest BCUT2D eigenvalue weighted by molar-refractivity contribution is 7.17. The molecule has 1 atom stereocenters. The van der Waals surface area contributed by atoms with E-state index in [-0.39, 0.29) is 23.8 Å². The molecule has 0 unspecified atom stereocenters. The lowest BCUT2D eigenvalue weighted by atomic mass is 10.1. The average molecular weight is 342 g/mol. The van der Waals surface area contributed by atoms with Crippen LogP contribution in [0.1, 0.15) is 31.2 Å². The molecule has 1 aromatic heterocycles. The van der Waals surface area contributed by atoms with Gasteiger partial charge in [0.2, 0.25) is 11.8 Å². The van der Waals surface area contributed by atoms with Gasteiger partial charge in [-0.3, -0.25) is 9.59 Å². The van der Waals surface area contributed by atoms with Crippen molar-refractivity contribution in [3.05, 3.63) is 35.2 Å². The Balaban J connectivity index is 1.33. The molecule has 0 spiro atoms. The lowest BCUT2D eigenvalue weighted by molar-refractivity contribution is -0.139. The number of amides is 2. The third-order valence-electron chi connectivity index (χ3n) is 5.02. The predicted molar refractivity (Wildman–Crippen MR) is 96.0 cm³/mol. The van der Waals surface area contributed by atoms with Crippen LogP contribution in [0.25, 0.3) is 10.1 Å². The summed E-state index contributed by atoms with van der Waals surface area (Å²) in [5.74, 6) is 0.396. The van der Waals surface area contributed by atoms with Gasteiger partial charge in [0.1, 0.15) is 6.04 Å². The summed E-state index contributed by atoms with van der Waals surface area (Å²) in [6.07, 6.45) is 4.56. The summed E-state index contributed by atoms with van der Waals surface area (Å²) in [7, 11) is 0. The molecule has 1 saturated heterocycles. The maximum Gasteiger partial charge on any atom is 0.242 e. The molecule has 2 fully saturated rings. The summed E-state index contributed by atoms with van der Waals surface area (Å²) in [6.45, 7) is 1.37. The number of nitrogens with one attached hydrogen (secondary N) is 1. The standard InChI is InChI=1S/C19H22N2O2S/c22-18(16-5-3-11-21(16)19(23)13-7-8-13)20-10-9-14-12-24-17-6-2-1-4-15(14)17/h1-2,4,6,12-13,16H,3,5,7-11H2,(H,20,22)/t16-/m0/s1. The van der Waals surface area contributed by atoms with Crippen LogP contribution < -0.4 is 5.32 Å². The van der Waals surface area contributed by atoms with E-state index in [0.717, 1.165) is 38.6 Å². The number of benzene rings is 1. The molecular weight excluding hydrogens is 320 g/mol. The minimum atomic E-state index is -0.252. The van der Waals surface area contributed by atoms with Crippen LogP contribution in [-0.4, -0.2) is 35.8 Å². The first kappa shape index (κ1) is 15.6. The van der Waals surface area contributed by atoms with Crippen molar-refractivity contribution in [2.45, 2.75) is 38.1 Å². The Labute approximate surface area is 145 Å². The van der Waals surface area contributed by atoms with Gasteiger partial charge in [-0.25, -0.2) is 0 Å². The quantitative estimate of drug-likeness (QED) is 0.908. The molecule has 4 rings (SSSR count). The van der Waals surface area contributed by atoms with Crippen LogP contribution in [0, 0.1) is 5.92 Å². The van der Waals surface area contributed by atoms with Crippen molar-refractivity contribution in [3.63, 3.8) is 0 Å². The number of likely N-dealkylation sites (tertiary alicyclic amines) is 1. The van der Waals surface area contributed by atoms with Crippen molar-refractivity contribution < 1.29 is 9.59 Å². The van der Waals surface area contributed by atoms with E-state index in [2.05, 4.69) is 35.0 Å². The molecule has 5 heteroatoms. The first-order chi connectivity index (χ1) is 11.7. The monoisotopic (exact) mass is 342 g/mol. The zero-order valence-electron chi connectivity index (χ0n) is 13.7. The van der Waals surface area contributed by atoms with Gasteiger partial charge >= 0.3 is 0 Å². The van der Waals surface area contributed by atoms with E-state index in [1.807, 2.05) is 4.90 Å². The second-order valence-corrected chi connectivity index (χ2v) is 7.67. The predicted octanol–water partition coefficient (Wildman–Crippen LogP) is 2.96. The first-order valence-electron chi connectivity index (χ1n) is 8.77. The highest BCUT2D eigenvalue weighted by Crippen LogP contribution is 2.33. The largest absolute Gasteiger partial charge is 0.354 e. The number of carbonyl (C=O) groups excluding carboxylic acids is 2. The Morgan fingerprint density at radius 3 is 2.88 bits per heavy atom.